The minimum absolute atomic E-state index is 0.0785. The molecule has 1 unspecified atom stereocenters. The Morgan fingerprint density at radius 2 is 0.808 bits per heavy atom. The lowest BCUT2D eigenvalue weighted by molar-refractivity contribution is -0.163. The molecule has 0 fully saturated rings. The van der Waals surface area contributed by atoms with Gasteiger partial charge in [-0.25, -0.2) is 0 Å². The van der Waals surface area contributed by atoms with Gasteiger partial charge in [0.05, 0.1) is 6.61 Å². The fourth-order valence-corrected chi connectivity index (χ4v) is 6.24. The highest BCUT2D eigenvalue weighted by molar-refractivity contribution is 5.70. The minimum Gasteiger partial charge on any atom is -0.462 e. The Balaban J connectivity index is 4.08. The molecule has 0 radical (unpaired) electrons. The van der Waals surface area contributed by atoms with E-state index in [0.717, 1.165) is 64.2 Å². The van der Waals surface area contributed by atoms with Gasteiger partial charge in [-0.15, -0.1) is 0 Å². The molecule has 0 aromatic carbocycles. The fraction of sp³-hybridized carbons (Fsp3) is 0.830. The molecule has 0 aliphatic carbocycles. The monoisotopic (exact) mass is 731 g/mol. The maximum atomic E-state index is 12.5. The summed E-state index contributed by atoms with van der Waals surface area (Å²) in [7, 11) is 0. The van der Waals surface area contributed by atoms with E-state index in [9.17, 15) is 9.59 Å². The molecule has 5 heteroatoms. The Morgan fingerprint density at radius 3 is 1.33 bits per heavy atom. The smallest absolute Gasteiger partial charge is 0.306 e. The highest BCUT2D eigenvalue weighted by atomic mass is 16.6. The number of ether oxygens (including phenoxy) is 3. The van der Waals surface area contributed by atoms with Crippen molar-refractivity contribution in [3.63, 3.8) is 0 Å². The second-order valence-electron chi connectivity index (χ2n) is 15.0. The molecule has 52 heavy (non-hydrogen) atoms. The lowest BCUT2D eigenvalue weighted by Crippen LogP contribution is -2.30. The number of hydrogen-bond acceptors (Lipinski definition) is 5. The van der Waals surface area contributed by atoms with E-state index in [-0.39, 0.29) is 25.2 Å². The van der Waals surface area contributed by atoms with Gasteiger partial charge in [0.25, 0.3) is 0 Å². The van der Waals surface area contributed by atoms with Gasteiger partial charge in [0, 0.05) is 19.4 Å². The molecule has 0 saturated carbocycles. The Hall–Kier alpha value is -1.88. The molecule has 0 bridgehead atoms. The van der Waals surface area contributed by atoms with Crippen molar-refractivity contribution >= 4 is 11.9 Å². The van der Waals surface area contributed by atoms with Crippen molar-refractivity contribution in [2.24, 2.45) is 0 Å². The van der Waals surface area contributed by atoms with Crippen LogP contribution in [0.15, 0.2) is 36.5 Å². The summed E-state index contributed by atoms with van der Waals surface area (Å²) in [5.74, 6) is -0.421. The van der Waals surface area contributed by atoms with E-state index in [4.69, 9.17) is 14.2 Å². The summed E-state index contributed by atoms with van der Waals surface area (Å²) in [6, 6.07) is 0. The summed E-state index contributed by atoms with van der Waals surface area (Å²) < 4.78 is 17.2. The Kier molecular flexibility index (Phi) is 42.0. The van der Waals surface area contributed by atoms with Gasteiger partial charge in [-0.2, -0.15) is 0 Å². The SMILES string of the molecule is CCCCC/C=C\C/C=C\CCCCCCCCOCC(COC(=O)CCCCCCC/C=C\CCCCCCCC)OC(=O)CCCCCCC. The van der Waals surface area contributed by atoms with Crippen LogP contribution in [0.5, 0.6) is 0 Å². The molecule has 1 atom stereocenters. The lowest BCUT2D eigenvalue weighted by atomic mass is 10.1. The van der Waals surface area contributed by atoms with E-state index < -0.39 is 6.10 Å². The Bertz CT molecular complexity index is 832. The number of carbonyl (C=O) groups is 2. The second kappa shape index (κ2) is 43.5. The Morgan fingerprint density at radius 1 is 0.423 bits per heavy atom. The molecule has 0 aromatic rings. The summed E-state index contributed by atoms with van der Waals surface area (Å²) in [5, 5.41) is 0. The summed E-state index contributed by atoms with van der Waals surface area (Å²) in [6.07, 6.45) is 50.2. The van der Waals surface area contributed by atoms with Crippen LogP contribution in [0.4, 0.5) is 0 Å². The summed E-state index contributed by atoms with van der Waals surface area (Å²) in [4.78, 5) is 25.0. The zero-order chi connectivity index (χ0) is 37.8. The molecule has 0 rings (SSSR count). The van der Waals surface area contributed by atoms with Crippen molar-refractivity contribution in [2.45, 2.75) is 232 Å². The third-order valence-electron chi connectivity index (χ3n) is 9.65. The van der Waals surface area contributed by atoms with E-state index in [1.165, 1.54) is 128 Å². The van der Waals surface area contributed by atoms with E-state index in [0.29, 0.717) is 19.4 Å². The van der Waals surface area contributed by atoms with Crippen LogP contribution in [0.2, 0.25) is 0 Å². The quantitative estimate of drug-likeness (QED) is 0.0356. The summed E-state index contributed by atoms with van der Waals surface area (Å²) in [6.45, 7) is 7.71. The molecule has 0 aliphatic heterocycles. The molecule has 0 amide bonds. The minimum atomic E-state index is -0.536. The first-order valence-corrected chi connectivity index (χ1v) is 22.5. The number of allylic oxidation sites excluding steroid dienone is 6. The van der Waals surface area contributed by atoms with Crippen LogP contribution in [0.1, 0.15) is 226 Å². The first kappa shape index (κ1) is 50.1. The predicted octanol–water partition coefficient (Wildman–Crippen LogP) is 14.7. The average molecular weight is 731 g/mol. The molecule has 0 spiro atoms. The van der Waals surface area contributed by atoms with Crippen LogP contribution in [0, 0.1) is 0 Å². The van der Waals surface area contributed by atoms with Crippen LogP contribution in [-0.2, 0) is 23.8 Å². The van der Waals surface area contributed by atoms with Gasteiger partial charge in [0.1, 0.15) is 6.61 Å². The molecule has 304 valence electrons. The largest absolute Gasteiger partial charge is 0.462 e. The molecule has 0 aromatic heterocycles. The highest BCUT2D eigenvalue weighted by Crippen LogP contribution is 2.13. The summed E-state index contributed by atoms with van der Waals surface area (Å²) >= 11 is 0. The van der Waals surface area contributed by atoms with Crippen LogP contribution in [-0.4, -0.2) is 37.9 Å². The molecule has 0 N–H and O–H groups in total. The van der Waals surface area contributed by atoms with Crippen molar-refractivity contribution < 1.29 is 23.8 Å². The van der Waals surface area contributed by atoms with E-state index in [1.807, 2.05) is 0 Å². The predicted molar refractivity (Wildman–Crippen MR) is 224 cm³/mol. The fourth-order valence-electron chi connectivity index (χ4n) is 6.24. The molecule has 0 saturated heterocycles. The number of unbranched alkanes of at least 4 members (excludes halogenated alkanes) is 24. The molecule has 5 nitrogen and oxygen atoms in total. The normalized spacial score (nSPS) is 12.4. The topological polar surface area (TPSA) is 61.8 Å². The van der Waals surface area contributed by atoms with E-state index in [2.05, 4.69) is 57.2 Å². The van der Waals surface area contributed by atoms with Gasteiger partial charge < -0.3 is 14.2 Å². The van der Waals surface area contributed by atoms with Gasteiger partial charge in [0.2, 0.25) is 0 Å². The molecule has 0 heterocycles. The van der Waals surface area contributed by atoms with Gasteiger partial charge in [0.15, 0.2) is 6.10 Å². The highest BCUT2D eigenvalue weighted by Gasteiger charge is 2.17. The van der Waals surface area contributed by atoms with Crippen LogP contribution in [0.3, 0.4) is 0 Å². The van der Waals surface area contributed by atoms with Crippen LogP contribution >= 0.6 is 0 Å². The zero-order valence-electron chi connectivity index (χ0n) is 34.8. The number of hydrogen-bond donors (Lipinski definition) is 0. The van der Waals surface area contributed by atoms with Gasteiger partial charge in [-0.3, -0.25) is 9.59 Å². The number of rotatable bonds is 41. The van der Waals surface area contributed by atoms with Gasteiger partial charge in [-0.1, -0.05) is 173 Å². The Labute approximate surface area is 323 Å². The average Bonchev–Trinajstić information content (AvgIpc) is 3.14. The maximum absolute atomic E-state index is 12.5. The van der Waals surface area contributed by atoms with E-state index >= 15 is 0 Å². The van der Waals surface area contributed by atoms with Crippen molar-refractivity contribution in [3.05, 3.63) is 36.5 Å². The van der Waals surface area contributed by atoms with Crippen molar-refractivity contribution in [3.8, 4) is 0 Å². The number of esters is 2. The molecule has 0 aliphatic rings. The number of carbonyl (C=O) groups excluding carboxylic acids is 2. The molecular formula is C47H86O5. The van der Waals surface area contributed by atoms with Crippen molar-refractivity contribution in [2.75, 3.05) is 19.8 Å². The van der Waals surface area contributed by atoms with Gasteiger partial charge >= 0.3 is 11.9 Å². The second-order valence-corrected chi connectivity index (χ2v) is 15.0. The zero-order valence-corrected chi connectivity index (χ0v) is 34.8. The lowest BCUT2D eigenvalue weighted by Gasteiger charge is -2.18. The molecular weight excluding hydrogens is 645 g/mol. The third kappa shape index (κ3) is 40.9. The van der Waals surface area contributed by atoms with Gasteiger partial charge in [-0.05, 0) is 77.0 Å². The summed E-state index contributed by atoms with van der Waals surface area (Å²) in [5.41, 5.74) is 0. The van der Waals surface area contributed by atoms with Crippen molar-refractivity contribution in [1.82, 2.24) is 0 Å². The maximum Gasteiger partial charge on any atom is 0.306 e. The standard InChI is InChI=1S/C47H86O5/c1-4-7-10-13-15-17-19-21-23-25-27-29-31-33-36-39-42-50-43-45(52-47(49)41-38-34-12-9-6-3)44-51-46(48)40-37-35-32-30-28-26-24-22-20-18-16-14-11-8-5-2/h15,17,21-24,45H,4-14,16,18-20,25-44H2,1-3H3/b17-15-,23-21-,24-22-. The third-order valence-corrected chi connectivity index (χ3v) is 9.65. The van der Waals surface area contributed by atoms with Crippen LogP contribution in [0.25, 0.3) is 0 Å². The van der Waals surface area contributed by atoms with E-state index in [1.54, 1.807) is 0 Å². The van der Waals surface area contributed by atoms with Crippen LogP contribution < -0.4 is 0 Å². The first-order valence-electron chi connectivity index (χ1n) is 22.5. The van der Waals surface area contributed by atoms with Crippen molar-refractivity contribution in [1.29, 1.82) is 0 Å². The first-order chi connectivity index (χ1) is 25.6.